The molecule has 2 aliphatic heterocycles. The Hall–Kier alpha value is -4.40. The van der Waals surface area contributed by atoms with Crippen molar-refractivity contribution in [1.82, 2.24) is 24.5 Å². The molecule has 1 N–H and O–H groups in total. The minimum absolute atomic E-state index is 0.0107. The van der Waals surface area contributed by atoms with Crippen LogP contribution in [0.2, 0.25) is 0 Å². The van der Waals surface area contributed by atoms with Gasteiger partial charge < -0.3 is 5.32 Å². The Bertz CT molecular complexity index is 1650. The molecule has 1 amide bonds. The average molecular weight is 597 g/mol. The Morgan fingerprint density at radius 1 is 1.00 bits per heavy atom. The third kappa shape index (κ3) is 5.56. The van der Waals surface area contributed by atoms with Gasteiger partial charge >= 0.3 is 0 Å². The number of hydrogen-bond donors (Lipinski definition) is 1. The molecule has 0 bridgehead atoms. The first-order chi connectivity index (χ1) is 20.7. The Balaban J connectivity index is 1.37. The molecule has 6 rings (SSSR count). The summed E-state index contributed by atoms with van der Waals surface area (Å²) in [4.78, 5) is 38.1. The van der Waals surface area contributed by atoms with Crippen LogP contribution in [-0.4, -0.2) is 69.7 Å². The number of nitriles is 1. The van der Waals surface area contributed by atoms with Crippen LogP contribution < -0.4 is 5.32 Å². The number of amides is 1. The van der Waals surface area contributed by atoms with Gasteiger partial charge in [0.1, 0.15) is 11.4 Å². The van der Waals surface area contributed by atoms with Crippen LogP contribution in [0.25, 0.3) is 0 Å². The predicted octanol–water partition coefficient (Wildman–Crippen LogP) is 2.70. The van der Waals surface area contributed by atoms with E-state index in [1.165, 1.54) is 6.08 Å². The highest BCUT2D eigenvalue weighted by molar-refractivity contribution is 7.89. The van der Waals surface area contributed by atoms with E-state index in [9.17, 15) is 18.0 Å². The summed E-state index contributed by atoms with van der Waals surface area (Å²) in [7, 11) is -3.34. The second-order valence-corrected chi connectivity index (χ2v) is 13.6. The zero-order chi connectivity index (χ0) is 30.2. The number of rotatable bonds is 10. The van der Waals surface area contributed by atoms with Gasteiger partial charge in [0, 0.05) is 80.2 Å². The van der Waals surface area contributed by atoms with Gasteiger partial charge in [0.05, 0.1) is 17.4 Å². The van der Waals surface area contributed by atoms with Crippen molar-refractivity contribution < 1.29 is 18.0 Å². The number of ketones is 1. The smallest absolute Gasteiger partial charge is 0.254 e. The van der Waals surface area contributed by atoms with Crippen molar-refractivity contribution in [3.05, 3.63) is 107 Å². The third-order valence-corrected chi connectivity index (χ3v) is 10.6. The fraction of sp³-hybridized carbons (Fsp3) is 0.344. The maximum absolute atomic E-state index is 14.7. The number of piperidine rings is 1. The lowest BCUT2D eigenvalue weighted by atomic mass is 9.85. The van der Waals surface area contributed by atoms with Crippen molar-refractivity contribution in [3.63, 3.8) is 0 Å². The van der Waals surface area contributed by atoms with E-state index in [0.29, 0.717) is 49.3 Å². The van der Waals surface area contributed by atoms with Gasteiger partial charge in [-0.2, -0.15) is 5.26 Å². The van der Waals surface area contributed by atoms with E-state index < -0.39 is 15.6 Å². The van der Waals surface area contributed by atoms with E-state index in [4.69, 9.17) is 5.26 Å². The van der Waals surface area contributed by atoms with E-state index in [1.54, 1.807) is 58.3 Å². The number of nitrogens with zero attached hydrogens (tertiary/aromatic N) is 5. The number of nitrogens with one attached hydrogen (secondary N) is 1. The largest absolute Gasteiger partial charge is 0.357 e. The number of pyridine rings is 2. The van der Waals surface area contributed by atoms with E-state index >= 15 is 0 Å². The molecule has 11 heteroatoms. The van der Waals surface area contributed by atoms with Gasteiger partial charge in [-0.1, -0.05) is 6.92 Å². The molecule has 3 fully saturated rings. The molecule has 1 aliphatic carbocycles. The second kappa shape index (κ2) is 11.4. The summed E-state index contributed by atoms with van der Waals surface area (Å²) < 4.78 is 27.1. The minimum atomic E-state index is -3.34. The van der Waals surface area contributed by atoms with Crippen molar-refractivity contribution in [2.24, 2.45) is 11.8 Å². The molecular weight excluding hydrogens is 564 g/mol. The number of carbonyl (C=O) groups excluding carboxylic acids is 2. The van der Waals surface area contributed by atoms with Crippen LogP contribution in [0.1, 0.15) is 40.4 Å². The minimum Gasteiger partial charge on any atom is -0.357 e. The van der Waals surface area contributed by atoms with Gasteiger partial charge in [0.15, 0.2) is 5.78 Å². The molecule has 10 nitrogen and oxygen atoms in total. The zero-order valence-electron chi connectivity index (χ0n) is 23.8. The third-order valence-electron chi connectivity index (χ3n) is 8.60. The molecule has 43 heavy (non-hydrogen) atoms. The summed E-state index contributed by atoms with van der Waals surface area (Å²) in [6.07, 6.45) is 9.47. The molecule has 1 saturated carbocycles. The van der Waals surface area contributed by atoms with Crippen LogP contribution >= 0.6 is 0 Å². The Morgan fingerprint density at radius 2 is 1.56 bits per heavy atom. The lowest BCUT2D eigenvalue weighted by molar-refractivity contribution is -0.132. The van der Waals surface area contributed by atoms with Gasteiger partial charge in [0.25, 0.3) is 5.91 Å². The Kier molecular flexibility index (Phi) is 7.58. The van der Waals surface area contributed by atoms with Gasteiger partial charge in [-0.15, -0.1) is 0 Å². The van der Waals surface area contributed by atoms with E-state index in [2.05, 4.69) is 21.4 Å². The monoisotopic (exact) mass is 596 g/mol. The van der Waals surface area contributed by atoms with Crippen LogP contribution in [0.3, 0.4) is 0 Å². The standard InChI is InChI=1S/C32H32N6O4S/c1-2-15-43(41,42)37-20-26-27(21-37)30(26)38-29(16-28(39)25-5-3-24(19-33)4-6-25)36-32(31(38)40,17-22-7-11-34-12-8-22)18-23-9-13-35-14-10-23/h3-14,16,26-27,30,36H,2,15,17-18,20-21H2,1H3/b29-16+. The van der Waals surface area contributed by atoms with Crippen LogP contribution in [0, 0.1) is 23.2 Å². The van der Waals surface area contributed by atoms with Crippen LogP contribution in [0.5, 0.6) is 0 Å². The molecule has 2 atom stereocenters. The lowest BCUT2D eigenvalue weighted by Gasteiger charge is -2.28. The summed E-state index contributed by atoms with van der Waals surface area (Å²) in [5.74, 6) is 0.0393. The van der Waals surface area contributed by atoms with Gasteiger partial charge in [-0.05, 0) is 66.1 Å². The molecular formula is C32H32N6O4S. The highest BCUT2D eigenvalue weighted by Crippen LogP contribution is 2.52. The molecule has 4 heterocycles. The van der Waals surface area contributed by atoms with Gasteiger partial charge in [-0.25, -0.2) is 12.7 Å². The summed E-state index contributed by atoms with van der Waals surface area (Å²) in [6, 6.07) is 15.7. The Labute approximate surface area is 251 Å². The molecule has 2 saturated heterocycles. The molecule has 2 aromatic heterocycles. The first-order valence-corrected chi connectivity index (χ1v) is 16.0. The fourth-order valence-electron chi connectivity index (χ4n) is 6.47. The van der Waals surface area contributed by atoms with Crippen molar-refractivity contribution in [3.8, 4) is 6.07 Å². The van der Waals surface area contributed by atoms with E-state index in [1.807, 2.05) is 31.2 Å². The Morgan fingerprint density at radius 3 is 2.07 bits per heavy atom. The molecule has 0 spiro atoms. The van der Waals surface area contributed by atoms with Crippen LogP contribution in [0.15, 0.2) is 85.2 Å². The number of aromatic nitrogens is 2. The SMILES string of the molecule is CCCS(=O)(=O)N1CC2C(C1)C2N1C(=O)C(Cc2ccncc2)(Cc2ccncc2)N/C1=C\C(=O)c1ccc(C#N)cc1. The lowest BCUT2D eigenvalue weighted by Crippen LogP contribution is -2.51. The predicted molar refractivity (Wildman–Crippen MR) is 159 cm³/mol. The quantitative estimate of drug-likeness (QED) is 0.279. The van der Waals surface area contributed by atoms with Crippen LogP contribution in [0.4, 0.5) is 0 Å². The fourth-order valence-corrected chi connectivity index (χ4v) is 8.04. The second-order valence-electron chi connectivity index (χ2n) is 11.5. The van der Waals surface area contributed by atoms with Crippen molar-refractivity contribution >= 4 is 21.7 Å². The number of fused-ring (bicyclic) bond motifs is 1. The first kappa shape index (κ1) is 28.7. The number of benzene rings is 1. The summed E-state index contributed by atoms with van der Waals surface area (Å²) in [5, 5.41) is 12.6. The number of allylic oxidation sites excluding steroid dienone is 1. The molecule has 220 valence electrons. The van der Waals surface area contributed by atoms with Gasteiger partial charge in [0.2, 0.25) is 10.0 Å². The molecule has 3 aliphatic rings. The molecule has 1 aromatic carbocycles. The number of sulfonamides is 1. The zero-order valence-corrected chi connectivity index (χ0v) is 24.6. The summed E-state index contributed by atoms with van der Waals surface area (Å²) in [5.41, 5.74) is 1.58. The van der Waals surface area contributed by atoms with Crippen molar-refractivity contribution in [2.75, 3.05) is 18.8 Å². The van der Waals surface area contributed by atoms with E-state index in [-0.39, 0.29) is 35.3 Å². The maximum Gasteiger partial charge on any atom is 0.254 e. The average Bonchev–Trinajstić information content (AvgIpc) is 3.34. The highest BCUT2D eigenvalue weighted by atomic mass is 32.2. The van der Waals surface area contributed by atoms with Crippen LogP contribution in [-0.2, 0) is 27.7 Å². The van der Waals surface area contributed by atoms with Crippen molar-refractivity contribution in [2.45, 2.75) is 37.8 Å². The van der Waals surface area contributed by atoms with E-state index in [0.717, 1.165) is 11.1 Å². The molecule has 3 aromatic rings. The molecule has 0 radical (unpaired) electrons. The highest BCUT2D eigenvalue weighted by Gasteiger charge is 2.65. The number of hydrogen-bond acceptors (Lipinski definition) is 8. The first-order valence-electron chi connectivity index (χ1n) is 14.4. The molecule has 2 unspecified atom stereocenters. The maximum atomic E-state index is 14.7. The van der Waals surface area contributed by atoms with Gasteiger partial charge in [-0.3, -0.25) is 24.5 Å². The topological polar surface area (TPSA) is 136 Å². The number of carbonyl (C=O) groups is 2. The summed E-state index contributed by atoms with van der Waals surface area (Å²) in [6.45, 7) is 2.57. The normalized spacial score (nSPS) is 23.5. The summed E-state index contributed by atoms with van der Waals surface area (Å²) >= 11 is 0. The van der Waals surface area contributed by atoms with Crippen molar-refractivity contribution in [1.29, 1.82) is 5.26 Å².